The van der Waals surface area contributed by atoms with Crippen LogP contribution in [-0.2, 0) is 4.74 Å². The Morgan fingerprint density at radius 2 is 1.90 bits per heavy atom. The van der Waals surface area contributed by atoms with Crippen LogP contribution < -0.4 is 11.1 Å². The van der Waals surface area contributed by atoms with Gasteiger partial charge >= 0.3 is 0 Å². The third-order valence-corrected chi connectivity index (χ3v) is 6.44. The van der Waals surface area contributed by atoms with Gasteiger partial charge in [-0.25, -0.2) is 8.78 Å². The maximum atomic E-state index is 14.2. The summed E-state index contributed by atoms with van der Waals surface area (Å²) >= 11 is 11.3. The molecule has 0 aromatic heterocycles. The van der Waals surface area contributed by atoms with Crippen molar-refractivity contribution in [3.63, 3.8) is 0 Å². The standard InChI is InChI=1S/C16H22ClFN2O.C6H4ClF/c1-2-16(8-21-9-16)6-13-15(19)11(7-20-13)10-4-3-5-12(17)14(10)18;7-5-2-1-3-6(8)4-5/h3-5,11,13,15,20H,2,6-9,19H2,1H3;1-4H. The summed E-state index contributed by atoms with van der Waals surface area (Å²) in [5, 5.41) is 4.07. The molecule has 2 heterocycles. The minimum Gasteiger partial charge on any atom is -0.380 e. The monoisotopic (exact) mass is 442 g/mol. The van der Waals surface area contributed by atoms with Crippen molar-refractivity contribution in [3.8, 4) is 0 Å². The Kier molecular flexibility index (Phi) is 7.52. The molecule has 2 aromatic rings. The summed E-state index contributed by atoms with van der Waals surface area (Å²) in [6, 6.07) is 11.1. The van der Waals surface area contributed by atoms with Crippen molar-refractivity contribution in [1.29, 1.82) is 0 Å². The number of halogens is 4. The van der Waals surface area contributed by atoms with E-state index >= 15 is 0 Å². The first-order chi connectivity index (χ1) is 13.8. The fourth-order valence-electron chi connectivity index (χ4n) is 3.95. The van der Waals surface area contributed by atoms with Gasteiger partial charge in [-0.2, -0.15) is 0 Å². The molecule has 7 heteroatoms. The number of hydrogen-bond donors (Lipinski definition) is 2. The van der Waals surface area contributed by atoms with Crippen LogP contribution in [-0.4, -0.2) is 31.8 Å². The average Bonchev–Trinajstić information content (AvgIpc) is 3.01. The summed E-state index contributed by atoms with van der Waals surface area (Å²) in [4.78, 5) is 0. The van der Waals surface area contributed by atoms with E-state index in [0.29, 0.717) is 17.1 Å². The molecule has 2 aliphatic rings. The first kappa shape index (κ1) is 22.4. The lowest BCUT2D eigenvalue weighted by atomic mass is 9.75. The van der Waals surface area contributed by atoms with Crippen molar-refractivity contribution in [2.75, 3.05) is 19.8 Å². The Balaban J connectivity index is 0.000000252. The van der Waals surface area contributed by atoms with Crippen molar-refractivity contribution in [1.82, 2.24) is 5.32 Å². The second-order valence-corrected chi connectivity index (χ2v) is 8.68. The van der Waals surface area contributed by atoms with E-state index in [9.17, 15) is 8.78 Å². The molecule has 158 valence electrons. The van der Waals surface area contributed by atoms with Gasteiger partial charge < -0.3 is 15.8 Å². The highest BCUT2D eigenvalue weighted by atomic mass is 35.5. The Labute approximate surface area is 180 Å². The first-order valence-corrected chi connectivity index (χ1v) is 10.5. The van der Waals surface area contributed by atoms with Gasteiger partial charge in [0.05, 0.1) is 18.2 Å². The zero-order valence-corrected chi connectivity index (χ0v) is 17.8. The van der Waals surface area contributed by atoms with Gasteiger partial charge in [0.25, 0.3) is 0 Å². The molecule has 2 aromatic carbocycles. The second kappa shape index (κ2) is 9.71. The average molecular weight is 443 g/mol. The lowest BCUT2D eigenvalue weighted by Gasteiger charge is -2.43. The van der Waals surface area contributed by atoms with Gasteiger partial charge in [-0.15, -0.1) is 0 Å². The van der Waals surface area contributed by atoms with E-state index in [4.69, 9.17) is 33.7 Å². The summed E-state index contributed by atoms with van der Waals surface area (Å²) in [5.41, 5.74) is 7.27. The van der Waals surface area contributed by atoms with Crippen molar-refractivity contribution in [2.45, 2.75) is 37.8 Å². The van der Waals surface area contributed by atoms with Gasteiger partial charge in [-0.05, 0) is 42.7 Å². The molecule has 0 bridgehead atoms. The fourth-order valence-corrected chi connectivity index (χ4v) is 4.31. The molecular weight excluding hydrogens is 417 g/mol. The van der Waals surface area contributed by atoms with Crippen molar-refractivity contribution in [2.24, 2.45) is 11.1 Å². The highest BCUT2D eigenvalue weighted by Crippen LogP contribution is 2.39. The Hall–Kier alpha value is -1.24. The van der Waals surface area contributed by atoms with Crippen LogP contribution >= 0.6 is 23.2 Å². The maximum absolute atomic E-state index is 14.2. The third kappa shape index (κ3) is 5.28. The lowest BCUT2D eigenvalue weighted by molar-refractivity contribution is -0.123. The van der Waals surface area contributed by atoms with Crippen LogP contribution in [0.1, 0.15) is 31.2 Å². The molecule has 3 atom stereocenters. The van der Waals surface area contributed by atoms with Gasteiger partial charge in [-0.1, -0.05) is 48.3 Å². The van der Waals surface area contributed by atoms with Crippen LogP contribution in [0.3, 0.4) is 0 Å². The zero-order chi connectivity index (χ0) is 21.0. The predicted molar refractivity (Wildman–Crippen MR) is 113 cm³/mol. The first-order valence-electron chi connectivity index (χ1n) is 9.77. The van der Waals surface area contributed by atoms with E-state index in [1.165, 1.54) is 12.1 Å². The lowest BCUT2D eigenvalue weighted by Crippen LogP contribution is -2.49. The van der Waals surface area contributed by atoms with Gasteiger partial charge in [0.2, 0.25) is 0 Å². The molecule has 4 rings (SSSR count). The summed E-state index contributed by atoms with van der Waals surface area (Å²) in [7, 11) is 0. The van der Waals surface area contributed by atoms with E-state index in [-0.39, 0.29) is 40.1 Å². The molecule has 0 spiro atoms. The van der Waals surface area contributed by atoms with E-state index in [1.807, 2.05) is 0 Å². The molecule has 0 amide bonds. The van der Waals surface area contributed by atoms with E-state index in [1.54, 1.807) is 30.3 Å². The molecule has 3 N–H and O–H groups in total. The van der Waals surface area contributed by atoms with Gasteiger partial charge in [0, 0.05) is 35.0 Å². The van der Waals surface area contributed by atoms with Gasteiger partial charge in [0.15, 0.2) is 0 Å². The van der Waals surface area contributed by atoms with Crippen molar-refractivity contribution in [3.05, 3.63) is 69.7 Å². The molecule has 0 aliphatic carbocycles. The Morgan fingerprint density at radius 1 is 1.17 bits per heavy atom. The Bertz CT molecular complexity index is 809. The van der Waals surface area contributed by atoms with Crippen LogP contribution in [0.2, 0.25) is 10.0 Å². The SMILES string of the molecule is CCC1(CC2NCC(c3cccc(Cl)c3F)C2N)COC1.Fc1cccc(Cl)c1. The highest BCUT2D eigenvalue weighted by molar-refractivity contribution is 6.31. The van der Waals surface area contributed by atoms with Crippen LogP contribution in [0.15, 0.2) is 42.5 Å². The second-order valence-electron chi connectivity index (χ2n) is 7.83. The molecule has 2 saturated heterocycles. The summed E-state index contributed by atoms with van der Waals surface area (Å²) in [6.07, 6.45) is 2.08. The predicted octanol–water partition coefficient (Wildman–Crippen LogP) is 5.16. The minimum absolute atomic E-state index is 0.0244. The molecule has 2 fully saturated rings. The number of benzene rings is 2. The van der Waals surface area contributed by atoms with Gasteiger partial charge in [-0.3, -0.25) is 0 Å². The number of nitrogens with one attached hydrogen (secondary N) is 1. The summed E-state index contributed by atoms with van der Waals surface area (Å²) in [6.45, 7) is 4.51. The molecule has 3 unspecified atom stereocenters. The molecule has 3 nitrogen and oxygen atoms in total. The highest BCUT2D eigenvalue weighted by Gasteiger charge is 2.44. The Morgan fingerprint density at radius 3 is 2.45 bits per heavy atom. The normalized spacial score (nSPS) is 25.1. The van der Waals surface area contributed by atoms with E-state index in [0.717, 1.165) is 26.1 Å². The number of ether oxygens (including phenoxy) is 1. The smallest absolute Gasteiger partial charge is 0.145 e. The minimum atomic E-state index is -0.334. The topological polar surface area (TPSA) is 47.3 Å². The third-order valence-electron chi connectivity index (χ3n) is 5.92. The number of hydrogen-bond acceptors (Lipinski definition) is 3. The van der Waals surface area contributed by atoms with Crippen LogP contribution in [0.5, 0.6) is 0 Å². The van der Waals surface area contributed by atoms with E-state index < -0.39 is 0 Å². The quantitative estimate of drug-likeness (QED) is 0.687. The molecular formula is C22H26Cl2F2N2O. The fraction of sp³-hybridized carbons (Fsp3) is 0.455. The van der Waals surface area contributed by atoms with Crippen LogP contribution in [0.25, 0.3) is 0 Å². The molecule has 2 aliphatic heterocycles. The number of nitrogens with two attached hydrogens (primary N) is 1. The summed E-state index contributed by atoms with van der Waals surface area (Å²) < 4.78 is 31.7. The van der Waals surface area contributed by atoms with Crippen LogP contribution in [0, 0.1) is 17.0 Å². The molecule has 0 radical (unpaired) electrons. The molecule has 0 saturated carbocycles. The maximum Gasteiger partial charge on any atom is 0.145 e. The van der Waals surface area contributed by atoms with Crippen molar-refractivity contribution < 1.29 is 13.5 Å². The van der Waals surface area contributed by atoms with E-state index in [2.05, 4.69) is 12.2 Å². The van der Waals surface area contributed by atoms with Crippen molar-refractivity contribution >= 4 is 23.2 Å². The zero-order valence-electron chi connectivity index (χ0n) is 16.3. The molecule has 29 heavy (non-hydrogen) atoms. The van der Waals surface area contributed by atoms with Gasteiger partial charge in [0.1, 0.15) is 11.6 Å². The van der Waals surface area contributed by atoms with Crippen LogP contribution in [0.4, 0.5) is 8.78 Å². The summed E-state index contributed by atoms with van der Waals surface area (Å²) in [5.74, 6) is -0.652. The number of rotatable bonds is 4. The largest absolute Gasteiger partial charge is 0.380 e.